The topological polar surface area (TPSA) is 54.9 Å². The van der Waals surface area contributed by atoms with Crippen LogP contribution < -0.4 is 5.32 Å². The van der Waals surface area contributed by atoms with Crippen molar-refractivity contribution in [3.8, 4) is 11.4 Å². The van der Waals surface area contributed by atoms with Crippen molar-refractivity contribution in [2.45, 2.75) is 43.3 Å². The Morgan fingerprint density at radius 2 is 1.69 bits per heavy atom. The molecule has 0 saturated heterocycles. The van der Waals surface area contributed by atoms with Crippen LogP contribution in [-0.4, -0.2) is 32.9 Å². The summed E-state index contributed by atoms with van der Waals surface area (Å²) < 4.78 is 0.495. The largest absolute Gasteiger partial charge is 0.351 e. The number of amides is 1. The third-order valence-corrected chi connectivity index (χ3v) is 9.19. The number of carbonyl (C=O) groups is 1. The van der Waals surface area contributed by atoms with Crippen molar-refractivity contribution in [3.63, 3.8) is 0 Å². The number of hydrogen-bond donors (Lipinski definition) is 1. The molecule has 4 aliphatic carbocycles. The van der Waals surface area contributed by atoms with Gasteiger partial charge in [0.15, 0.2) is 0 Å². The molecular formula is C27H29N3OS. The number of nitrogens with one attached hydrogen (secondary N) is 1. The maximum atomic E-state index is 13.2. The third kappa shape index (κ3) is 3.81. The summed E-state index contributed by atoms with van der Waals surface area (Å²) >= 11 is 2.14. The normalized spacial score (nSPS) is 28.2. The first-order chi connectivity index (χ1) is 15.7. The quantitative estimate of drug-likeness (QED) is 0.495. The molecule has 0 spiro atoms. The molecule has 32 heavy (non-hydrogen) atoms. The Bertz CT molecular complexity index is 1110. The Labute approximate surface area is 193 Å². The van der Waals surface area contributed by atoms with Gasteiger partial charge in [0.1, 0.15) is 0 Å². The highest BCUT2D eigenvalue weighted by Gasteiger charge is 2.50. The molecule has 4 fully saturated rings. The first-order valence-corrected chi connectivity index (χ1v) is 12.9. The molecule has 1 amide bonds. The lowest BCUT2D eigenvalue weighted by molar-refractivity contribution is 0.0383. The van der Waals surface area contributed by atoms with E-state index in [1.807, 2.05) is 48.5 Å². The number of benzene rings is 1. The lowest BCUT2D eigenvalue weighted by Gasteiger charge is -2.56. The molecule has 1 N–H and O–H groups in total. The van der Waals surface area contributed by atoms with Crippen molar-refractivity contribution in [2.24, 2.45) is 17.8 Å². The summed E-state index contributed by atoms with van der Waals surface area (Å²) in [5, 5.41) is 4.08. The van der Waals surface area contributed by atoms with Crippen LogP contribution in [0.25, 0.3) is 22.3 Å². The second-order valence-corrected chi connectivity index (χ2v) is 11.6. The molecule has 4 aliphatic rings. The van der Waals surface area contributed by atoms with Gasteiger partial charge in [0, 0.05) is 28.6 Å². The van der Waals surface area contributed by atoms with Crippen LogP contribution in [0.5, 0.6) is 0 Å². The van der Waals surface area contributed by atoms with Gasteiger partial charge in [-0.15, -0.1) is 0 Å². The lowest BCUT2D eigenvalue weighted by atomic mass is 9.56. The van der Waals surface area contributed by atoms with Crippen molar-refractivity contribution in [3.05, 3.63) is 60.3 Å². The van der Waals surface area contributed by atoms with Gasteiger partial charge < -0.3 is 5.32 Å². The van der Waals surface area contributed by atoms with Gasteiger partial charge >= 0.3 is 0 Å². The van der Waals surface area contributed by atoms with E-state index in [2.05, 4.69) is 22.1 Å². The Hall–Kier alpha value is -2.40. The van der Waals surface area contributed by atoms with E-state index >= 15 is 0 Å². The average molecular weight is 444 g/mol. The third-order valence-electron chi connectivity index (χ3n) is 7.67. The van der Waals surface area contributed by atoms with Crippen molar-refractivity contribution in [1.82, 2.24) is 15.3 Å². The number of para-hydroxylation sites is 1. The van der Waals surface area contributed by atoms with Crippen LogP contribution in [0.2, 0.25) is 0 Å². The van der Waals surface area contributed by atoms with Gasteiger partial charge in [-0.3, -0.25) is 9.78 Å². The van der Waals surface area contributed by atoms with Crippen LogP contribution in [0.15, 0.2) is 54.7 Å². The van der Waals surface area contributed by atoms with Crippen molar-refractivity contribution < 1.29 is 4.79 Å². The monoisotopic (exact) mass is 443 g/mol. The molecule has 2 aromatic heterocycles. The number of fused-ring (bicyclic) bond motifs is 1. The lowest BCUT2D eigenvalue weighted by Crippen LogP contribution is -2.48. The Balaban J connectivity index is 1.16. The number of hydrogen-bond acceptors (Lipinski definition) is 4. The molecule has 0 aliphatic heterocycles. The molecule has 5 heteroatoms. The molecule has 3 aromatic rings. The van der Waals surface area contributed by atoms with Crippen LogP contribution in [0.4, 0.5) is 0 Å². The van der Waals surface area contributed by atoms with Gasteiger partial charge in [0.2, 0.25) is 0 Å². The first kappa shape index (κ1) is 20.2. The average Bonchev–Trinajstić information content (AvgIpc) is 2.81. The summed E-state index contributed by atoms with van der Waals surface area (Å²) in [5.41, 5.74) is 3.02. The fourth-order valence-electron chi connectivity index (χ4n) is 6.74. The fraction of sp³-hybridized carbons (Fsp3) is 0.444. The summed E-state index contributed by atoms with van der Waals surface area (Å²) in [4.78, 5) is 22.4. The predicted octanol–water partition coefficient (Wildman–Crippen LogP) is 5.73. The van der Waals surface area contributed by atoms with E-state index in [-0.39, 0.29) is 5.91 Å². The van der Waals surface area contributed by atoms with E-state index in [4.69, 9.17) is 4.98 Å². The van der Waals surface area contributed by atoms with E-state index in [9.17, 15) is 4.79 Å². The molecule has 4 bridgehead atoms. The number of aromatic nitrogens is 2. The van der Waals surface area contributed by atoms with Crippen LogP contribution in [0, 0.1) is 17.8 Å². The molecule has 164 valence electrons. The highest BCUT2D eigenvalue weighted by Crippen LogP contribution is 2.60. The predicted molar refractivity (Wildman–Crippen MR) is 131 cm³/mol. The molecule has 0 unspecified atom stereocenters. The van der Waals surface area contributed by atoms with Crippen LogP contribution in [-0.2, 0) is 0 Å². The van der Waals surface area contributed by atoms with Crippen LogP contribution >= 0.6 is 11.8 Å². The standard InChI is InChI=1S/C27H29N3OS/c31-26(29-9-10-32-27-15-18-11-19(16-27)13-20(12-18)17-27)22-14-25(24-7-3-4-8-28-24)30-23-6-2-1-5-21(22)23/h1-8,14,18-20H,9-13,15-17H2,(H,29,31). The van der Waals surface area contributed by atoms with Crippen molar-refractivity contribution in [2.75, 3.05) is 12.3 Å². The minimum Gasteiger partial charge on any atom is -0.351 e. The van der Waals surface area contributed by atoms with E-state index in [1.54, 1.807) is 6.20 Å². The minimum atomic E-state index is -0.0214. The van der Waals surface area contributed by atoms with Gasteiger partial charge in [0.25, 0.3) is 5.91 Å². The van der Waals surface area contributed by atoms with Crippen LogP contribution in [0.1, 0.15) is 48.9 Å². The number of nitrogens with zero attached hydrogens (tertiary/aromatic N) is 2. The van der Waals surface area contributed by atoms with Gasteiger partial charge in [-0.25, -0.2) is 4.98 Å². The molecule has 0 atom stereocenters. The Morgan fingerprint density at radius 3 is 2.41 bits per heavy atom. The maximum Gasteiger partial charge on any atom is 0.252 e. The summed E-state index contributed by atoms with van der Waals surface area (Å²) in [5.74, 6) is 3.88. The zero-order valence-corrected chi connectivity index (χ0v) is 19.1. The zero-order chi connectivity index (χ0) is 21.5. The highest BCUT2D eigenvalue weighted by molar-refractivity contribution is 8.00. The zero-order valence-electron chi connectivity index (χ0n) is 18.3. The minimum absolute atomic E-state index is 0.0214. The maximum absolute atomic E-state index is 13.2. The summed E-state index contributed by atoms with van der Waals surface area (Å²) in [7, 11) is 0. The van der Waals surface area contributed by atoms with Gasteiger partial charge in [-0.05, 0) is 80.5 Å². The summed E-state index contributed by atoms with van der Waals surface area (Å²) in [6.45, 7) is 0.709. The Kier molecular flexibility index (Phi) is 5.17. The molecule has 2 heterocycles. The van der Waals surface area contributed by atoms with Gasteiger partial charge in [-0.2, -0.15) is 11.8 Å². The summed E-state index contributed by atoms with van der Waals surface area (Å²) in [6, 6.07) is 15.5. The molecular weight excluding hydrogens is 414 g/mol. The van der Waals surface area contributed by atoms with Crippen molar-refractivity contribution >= 4 is 28.6 Å². The second-order valence-electron chi connectivity index (χ2n) is 9.99. The first-order valence-electron chi connectivity index (χ1n) is 11.9. The van der Waals surface area contributed by atoms with E-state index in [0.29, 0.717) is 16.9 Å². The molecule has 4 nitrogen and oxygen atoms in total. The van der Waals surface area contributed by atoms with Gasteiger partial charge in [0.05, 0.1) is 22.5 Å². The number of carbonyl (C=O) groups excluding carboxylic acids is 1. The number of thioether (sulfide) groups is 1. The molecule has 4 saturated carbocycles. The van der Waals surface area contributed by atoms with Crippen LogP contribution in [0.3, 0.4) is 0 Å². The molecule has 0 radical (unpaired) electrons. The van der Waals surface area contributed by atoms with Crippen molar-refractivity contribution in [1.29, 1.82) is 0 Å². The fourth-order valence-corrected chi connectivity index (χ4v) is 8.44. The highest BCUT2D eigenvalue weighted by atomic mass is 32.2. The van der Waals surface area contributed by atoms with E-state index in [0.717, 1.165) is 45.8 Å². The molecule has 1 aromatic carbocycles. The second kappa shape index (κ2) is 8.18. The van der Waals surface area contributed by atoms with E-state index < -0.39 is 0 Å². The SMILES string of the molecule is O=C(NCCSC12CC3CC(CC(C3)C1)C2)c1cc(-c2ccccn2)nc2ccccc12. The smallest absolute Gasteiger partial charge is 0.252 e. The summed E-state index contributed by atoms with van der Waals surface area (Å²) in [6.07, 6.45) is 10.4. The number of rotatable bonds is 6. The molecule has 7 rings (SSSR count). The van der Waals surface area contributed by atoms with Gasteiger partial charge in [-0.1, -0.05) is 24.3 Å². The number of pyridine rings is 2. The Morgan fingerprint density at radius 1 is 0.969 bits per heavy atom. The van der Waals surface area contributed by atoms with E-state index in [1.165, 1.54) is 38.5 Å².